The lowest BCUT2D eigenvalue weighted by Gasteiger charge is -2.13. The molecule has 2 rings (SSSR count). The van der Waals surface area contributed by atoms with E-state index in [1.165, 1.54) is 24.7 Å². The number of nitrogens with one attached hydrogen (secondary N) is 1. The first-order chi connectivity index (χ1) is 8.06. The molecule has 0 fully saturated rings. The summed E-state index contributed by atoms with van der Waals surface area (Å²) in [4.78, 5) is 2.82. The van der Waals surface area contributed by atoms with Gasteiger partial charge in [-0.15, -0.1) is 22.7 Å². The number of halogens is 1. The molecule has 0 saturated heterocycles. The van der Waals surface area contributed by atoms with Crippen LogP contribution in [0.25, 0.3) is 0 Å². The molecule has 0 aromatic carbocycles. The van der Waals surface area contributed by atoms with Crippen molar-refractivity contribution in [2.75, 3.05) is 0 Å². The fraction of sp³-hybridized carbons (Fsp3) is 0.385. The fourth-order valence-electron chi connectivity index (χ4n) is 1.90. The van der Waals surface area contributed by atoms with Crippen molar-refractivity contribution in [2.24, 2.45) is 0 Å². The highest BCUT2D eigenvalue weighted by atomic mass is 79.9. The summed E-state index contributed by atoms with van der Waals surface area (Å²) in [5.41, 5.74) is 2.78. The summed E-state index contributed by atoms with van der Waals surface area (Å²) in [6.45, 7) is 7.53. The van der Waals surface area contributed by atoms with Crippen LogP contribution < -0.4 is 5.32 Å². The molecular weight excluding hydrogens is 314 g/mol. The Bertz CT molecular complexity index is 501. The molecule has 2 aromatic heterocycles. The first-order valence-corrected chi connectivity index (χ1v) is 8.08. The van der Waals surface area contributed by atoms with Crippen LogP contribution in [0.15, 0.2) is 21.3 Å². The average molecular weight is 330 g/mol. The van der Waals surface area contributed by atoms with Crippen molar-refractivity contribution in [2.45, 2.75) is 33.4 Å². The normalized spacial score (nSPS) is 12.9. The molecule has 92 valence electrons. The molecule has 0 aliphatic rings. The van der Waals surface area contributed by atoms with Crippen LogP contribution in [-0.2, 0) is 6.54 Å². The van der Waals surface area contributed by atoms with Gasteiger partial charge in [-0.1, -0.05) is 0 Å². The lowest BCUT2D eigenvalue weighted by atomic mass is 10.1. The zero-order valence-corrected chi connectivity index (χ0v) is 13.4. The molecule has 1 nitrogen and oxygen atoms in total. The van der Waals surface area contributed by atoms with E-state index in [0.29, 0.717) is 6.04 Å². The van der Waals surface area contributed by atoms with Gasteiger partial charge in [-0.25, -0.2) is 0 Å². The number of aryl methyl sites for hydroxylation is 2. The van der Waals surface area contributed by atoms with E-state index in [1.54, 1.807) is 11.3 Å². The van der Waals surface area contributed by atoms with Gasteiger partial charge in [0.2, 0.25) is 0 Å². The van der Waals surface area contributed by atoms with Crippen LogP contribution in [0.5, 0.6) is 0 Å². The van der Waals surface area contributed by atoms with Gasteiger partial charge in [0.15, 0.2) is 0 Å². The molecule has 0 aliphatic carbocycles. The summed E-state index contributed by atoms with van der Waals surface area (Å²) >= 11 is 7.11. The van der Waals surface area contributed by atoms with Crippen LogP contribution in [0.3, 0.4) is 0 Å². The lowest BCUT2D eigenvalue weighted by Crippen LogP contribution is -2.17. The van der Waals surface area contributed by atoms with Crippen LogP contribution >= 0.6 is 38.6 Å². The maximum absolute atomic E-state index is 3.58. The predicted molar refractivity (Wildman–Crippen MR) is 81.1 cm³/mol. The van der Waals surface area contributed by atoms with E-state index in [0.717, 1.165) is 6.54 Å². The van der Waals surface area contributed by atoms with Crippen molar-refractivity contribution in [3.8, 4) is 0 Å². The molecule has 0 bridgehead atoms. The molecule has 0 amide bonds. The first kappa shape index (κ1) is 13.3. The molecule has 2 heterocycles. The van der Waals surface area contributed by atoms with Crippen LogP contribution in [0.2, 0.25) is 0 Å². The highest BCUT2D eigenvalue weighted by Crippen LogP contribution is 2.27. The smallest absolute Gasteiger partial charge is 0.0701 e. The summed E-state index contributed by atoms with van der Waals surface area (Å²) in [5, 5.41) is 5.77. The van der Waals surface area contributed by atoms with E-state index in [2.05, 4.69) is 59.5 Å². The predicted octanol–water partition coefficient (Wildman–Crippen LogP) is 5.04. The van der Waals surface area contributed by atoms with Gasteiger partial charge in [-0.2, -0.15) is 0 Å². The molecule has 0 saturated carbocycles. The molecule has 1 atom stereocenters. The van der Waals surface area contributed by atoms with Gasteiger partial charge in [-0.3, -0.25) is 0 Å². The molecule has 2 aromatic rings. The van der Waals surface area contributed by atoms with E-state index >= 15 is 0 Å². The largest absolute Gasteiger partial charge is 0.306 e. The van der Waals surface area contributed by atoms with Crippen molar-refractivity contribution >= 4 is 38.6 Å². The van der Waals surface area contributed by atoms with Crippen LogP contribution in [0, 0.1) is 13.8 Å². The van der Waals surface area contributed by atoms with E-state index in [1.807, 2.05) is 11.3 Å². The first-order valence-electron chi connectivity index (χ1n) is 5.59. The topological polar surface area (TPSA) is 12.0 Å². The fourth-order valence-corrected chi connectivity index (χ4v) is 4.13. The summed E-state index contributed by atoms with van der Waals surface area (Å²) in [6, 6.07) is 4.88. The molecule has 1 unspecified atom stereocenters. The second kappa shape index (κ2) is 5.65. The van der Waals surface area contributed by atoms with E-state index in [9.17, 15) is 0 Å². The molecule has 1 N–H and O–H groups in total. The standard InChI is InChI=1S/C13H16BrNS2/c1-8-4-12(10(3)17-8)9(2)15-6-11-5-13(14)16-7-11/h4-5,7,9,15H,6H2,1-3H3. The highest BCUT2D eigenvalue weighted by Gasteiger charge is 2.10. The number of rotatable bonds is 4. The third-order valence-electron chi connectivity index (χ3n) is 2.78. The van der Waals surface area contributed by atoms with Crippen molar-refractivity contribution < 1.29 is 0 Å². The van der Waals surface area contributed by atoms with Gasteiger partial charge in [0.1, 0.15) is 0 Å². The van der Waals surface area contributed by atoms with Gasteiger partial charge in [0.25, 0.3) is 0 Å². The Hall–Kier alpha value is -0.160. The zero-order valence-electron chi connectivity index (χ0n) is 10.2. The average Bonchev–Trinajstić information content (AvgIpc) is 2.81. The lowest BCUT2D eigenvalue weighted by molar-refractivity contribution is 0.575. The number of hydrogen-bond donors (Lipinski definition) is 1. The maximum atomic E-state index is 3.58. The molecule has 0 aliphatic heterocycles. The van der Waals surface area contributed by atoms with Crippen molar-refractivity contribution in [1.29, 1.82) is 0 Å². The minimum atomic E-state index is 0.415. The Balaban J connectivity index is 1.97. The third-order valence-corrected chi connectivity index (χ3v) is 5.32. The van der Waals surface area contributed by atoms with Crippen molar-refractivity contribution in [3.05, 3.63) is 42.2 Å². The second-order valence-corrected chi connectivity index (χ2v) is 7.98. The number of hydrogen-bond acceptors (Lipinski definition) is 3. The SMILES string of the molecule is Cc1cc(C(C)NCc2csc(Br)c2)c(C)s1. The van der Waals surface area contributed by atoms with Crippen LogP contribution in [0.4, 0.5) is 0 Å². The van der Waals surface area contributed by atoms with E-state index < -0.39 is 0 Å². The van der Waals surface area contributed by atoms with Gasteiger partial charge < -0.3 is 5.32 Å². The maximum Gasteiger partial charge on any atom is 0.0701 e. The molecule has 17 heavy (non-hydrogen) atoms. The summed E-state index contributed by atoms with van der Waals surface area (Å²) in [7, 11) is 0. The number of thiophene rings is 2. The van der Waals surface area contributed by atoms with Gasteiger partial charge in [0.05, 0.1) is 3.79 Å². The quantitative estimate of drug-likeness (QED) is 0.828. The van der Waals surface area contributed by atoms with Gasteiger partial charge >= 0.3 is 0 Å². The Labute approximate surface area is 119 Å². The molecular formula is C13H16BrNS2. The van der Waals surface area contributed by atoms with Gasteiger partial charge in [-0.05, 0) is 65.3 Å². The Kier molecular flexibility index (Phi) is 4.42. The Morgan fingerprint density at radius 1 is 1.35 bits per heavy atom. The third kappa shape index (κ3) is 3.41. The van der Waals surface area contributed by atoms with Crippen molar-refractivity contribution in [3.63, 3.8) is 0 Å². The summed E-state index contributed by atoms with van der Waals surface area (Å²) in [6.07, 6.45) is 0. The molecule has 0 radical (unpaired) electrons. The molecule has 0 spiro atoms. The van der Waals surface area contributed by atoms with E-state index in [4.69, 9.17) is 0 Å². The minimum absolute atomic E-state index is 0.415. The summed E-state index contributed by atoms with van der Waals surface area (Å²) < 4.78 is 1.20. The van der Waals surface area contributed by atoms with Gasteiger partial charge in [0, 0.05) is 22.3 Å². The Morgan fingerprint density at radius 3 is 2.65 bits per heavy atom. The minimum Gasteiger partial charge on any atom is -0.306 e. The Morgan fingerprint density at radius 2 is 2.12 bits per heavy atom. The molecule has 4 heteroatoms. The van der Waals surface area contributed by atoms with Crippen LogP contribution in [-0.4, -0.2) is 0 Å². The van der Waals surface area contributed by atoms with Crippen molar-refractivity contribution in [1.82, 2.24) is 5.32 Å². The monoisotopic (exact) mass is 329 g/mol. The zero-order chi connectivity index (χ0) is 12.4. The highest BCUT2D eigenvalue weighted by molar-refractivity contribution is 9.11. The van der Waals surface area contributed by atoms with Crippen LogP contribution in [0.1, 0.15) is 33.8 Å². The second-order valence-electron chi connectivity index (χ2n) is 4.23. The summed E-state index contributed by atoms with van der Waals surface area (Å²) in [5.74, 6) is 0. The van der Waals surface area contributed by atoms with E-state index in [-0.39, 0.29) is 0 Å².